The van der Waals surface area contributed by atoms with Crippen molar-refractivity contribution in [3.63, 3.8) is 0 Å². The minimum absolute atomic E-state index is 0.479. The molecule has 1 N–H and O–H groups in total. The Hall–Kier alpha value is -0.100. The maximum atomic E-state index is 10.1. The fourth-order valence-electron chi connectivity index (χ4n) is 1.46. The van der Waals surface area contributed by atoms with Crippen LogP contribution in [-0.4, -0.2) is 5.11 Å². The van der Waals surface area contributed by atoms with Gasteiger partial charge in [-0.15, -0.1) is 11.3 Å². The number of thiophene rings is 1. The molecule has 0 aliphatic rings. The second-order valence-electron chi connectivity index (χ2n) is 3.47. The quantitative estimate of drug-likeness (QED) is 0.806. The van der Waals surface area contributed by atoms with Crippen molar-refractivity contribution in [1.82, 2.24) is 0 Å². The average molecular weight is 365 g/mol. The molecule has 4 heteroatoms. The molecule has 0 spiro atoms. The highest BCUT2D eigenvalue weighted by atomic mass is 127. The van der Waals surface area contributed by atoms with E-state index in [1.54, 1.807) is 11.3 Å². The molecule has 2 aromatic rings. The molecule has 0 bridgehead atoms. The molecule has 1 atom stereocenters. The second kappa shape index (κ2) is 5.49. The van der Waals surface area contributed by atoms with Crippen LogP contribution >= 0.6 is 45.5 Å². The van der Waals surface area contributed by atoms with Gasteiger partial charge in [0, 0.05) is 14.9 Å². The Balaban J connectivity index is 2.14. The number of aliphatic hydroxyl groups excluding tert-OH is 1. The number of aliphatic hydroxyl groups is 1. The zero-order valence-electron chi connectivity index (χ0n) is 8.36. The first-order valence-electron chi connectivity index (χ1n) is 4.82. The lowest BCUT2D eigenvalue weighted by atomic mass is 10.1. The van der Waals surface area contributed by atoms with E-state index in [-0.39, 0.29) is 0 Å². The molecule has 1 heterocycles. The highest BCUT2D eigenvalue weighted by Gasteiger charge is 2.10. The predicted octanol–water partition coefficient (Wildman–Crippen LogP) is 4.28. The van der Waals surface area contributed by atoms with Crippen LogP contribution in [0.5, 0.6) is 0 Å². The van der Waals surface area contributed by atoms with Crippen LogP contribution in [0.3, 0.4) is 0 Å². The Labute approximate surface area is 117 Å². The summed E-state index contributed by atoms with van der Waals surface area (Å²) in [7, 11) is 0. The topological polar surface area (TPSA) is 20.2 Å². The van der Waals surface area contributed by atoms with Crippen LogP contribution in [0.15, 0.2) is 35.7 Å². The van der Waals surface area contributed by atoms with E-state index in [9.17, 15) is 5.11 Å². The van der Waals surface area contributed by atoms with Crippen LogP contribution in [0.4, 0.5) is 0 Å². The summed E-state index contributed by atoms with van der Waals surface area (Å²) in [5.41, 5.74) is 0.874. The van der Waals surface area contributed by atoms with Gasteiger partial charge in [-0.3, -0.25) is 0 Å². The molecule has 0 radical (unpaired) electrons. The minimum atomic E-state index is -0.479. The van der Waals surface area contributed by atoms with E-state index >= 15 is 0 Å². The Morgan fingerprint density at radius 2 is 2.19 bits per heavy atom. The first-order chi connectivity index (χ1) is 7.66. The minimum Gasteiger partial charge on any atom is -0.388 e. The molecular formula is C12H10ClIOS. The van der Waals surface area contributed by atoms with E-state index in [1.165, 1.54) is 4.88 Å². The summed E-state index contributed by atoms with van der Waals surface area (Å²) < 4.78 is 1.01. The summed E-state index contributed by atoms with van der Waals surface area (Å²) in [5.74, 6) is 0. The fraction of sp³-hybridized carbons (Fsp3) is 0.167. The SMILES string of the molecule is OC(Cc1cccs1)c1ccc(I)c(Cl)c1. The highest BCUT2D eigenvalue weighted by molar-refractivity contribution is 14.1. The van der Waals surface area contributed by atoms with Crippen molar-refractivity contribution >= 4 is 45.5 Å². The van der Waals surface area contributed by atoms with Gasteiger partial charge in [-0.1, -0.05) is 23.7 Å². The van der Waals surface area contributed by atoms with Crippen LogP contribution in [0.25, 0.3) is 0 Å². The number of benzene rings is 1. The van der Waals surface area contributed by atoms with Crippen molar-refractivity contribution in [3.05, 3.63) is 54.7 Å². The van der Waals surface area contributed by atoms with Gasteiger partial charge >= 0.3 is 0 Å². The third-order valence-electron chi connectivity index (χ3n) is 2.30. The second-order valence-corrected chi connectivity index (χ2v) is 6.07. The third kappa shape index (κ3) is 2.97. The zero-order chi connectivity index (χ0) is 11.5. The Kier molecular flexibility index (Phi) is 4.24. The van der Waals surface area contributed by atoms with Crippen LogP contribution in [-0.2, 0) is 6.42 Å². The maximum absolute atomic E-state index is 10.1. The normalized spacial score (nSPS) is 12.7. The summed E-state index contributed by atoms with van der Waals surface area (Å²) >= 11 is 9.86. The van der Waals surface area contributed by atoms with Gasteiger partial charge in [-0.2, -0.15) is 0 Å². The van der Waals surface area contributed by atoms with Crippen molar-refractivity contribution in [3.8, 4) is 0 Å². The molecule has 1 nitrogen and oxygen atoms in total. The van der Waals surface area contributed by atoms with E-state index in [0.29, 0.717) is 11.4 Å². The number of halogens is 2. The molecule has 1 aromatic carbocycles. The van der Waals surface area contributed by atoms with Gasteiger partial charge in [0.1, 0.15) is 0 Å². The smallest absolute Gasteiger partial charge is 0.0838 e. The van der Waals surface area contributed by atoms with Gasteiger partial charge in [0.2, 0.25) is 0 Å². The van der Waals surface area contributed by atoms with E-state index < -0.39 is 6.10 Å². The van der Waals surface area contributed by atoms with Crippen LogP contribution < -0.4 is 0 Å². The Morgan fingerprint density at radius 1 is 1.38 bits per heavy atom. The summed E-state index contributed by atoms with van der Waals surface area (Å²) in [6.07, 6.45) is 0.169. The van der Waals surface area contributed by atoms with Crippen LogP contribution in [0.1, 0.15) is 16.5 Å². The molecular weight excluding hydrogens is 355 g/mol. The molecule has 0 aliphatic carbocycles. The van der Waals surface area contributed by atoms with Crippen molar-refractivity contribution in [2.24, 2.45) is 0 Å². The van der Waals surface area contributed by atoms with Crippen molar-refractivity contribution < 1.29 is 5.11 Å². The number of hydrogen-bond acceptors (Lipinski definition) is 2. The monoisotopic (exact) mass is 364 g/mol. The van der Waals surface area contributed by atoms with E-state index in [4.69, 9.17) is 11.6 Å². The summed E-state index contributed by atoms with van der Waals surface area (Å²) in [6, 6.07) is 9.71. The van der Waals surface area contributed by atoms with Crippen molar-refractivity contribution in [1.29, 1.82) is 0 Å². The van der Waals surface area contributed by atoms with Crippen molar-refractivity contribution in [2.45, 2.75) is 12.5 Å². The average Bonchev–Trinajstić information content (AvgIpc) is 2.74. The summed E-state index contributed by atoms with van der Waals surface area (Å²) in [4.78, 5) is 1.18. The lowest BCUT2D eigenvalue weighted by Crippen LogP contribution is -2.00. The van der Waals surface area contributed by atoms with Gasteiger partial charge < -0.3 is 5.11 Å². The molecule has 0 saturated carbocycles. The van der Waals surface area contributed by atoms with Gasteiger partial charge in [0.15, 0.2) is 0 Å². The Morgan fingerprint density at radius 3 is 2.81 bits per heavy atom. The van der Waals surface area contributed by atoms with Crippen molar-refractivity contribution in [2.75, 3.05) is 0 Å². The maximum Gasteiger partial charge on any atom is 0.0838 e. The molecule has 0 amide bonds. The molecule has 16 heavy (non-hydrogen) atoms. The van der Waals surface area contributed by atoms with E-state index in [0.717, 1.165) is 9.13 Å². The Bertz CT molecular complexity index is 470. The number of rotatable bonds is 3. The first kappa shape index (κ1) is 12.4. The lowest BCUT2D eigenvalue weighted by molar-refractivity contribution is 0.179. The zero-order valence-corrected chi connectivity index (χ0v) is 12.1. The van der Waals surface area contributed by atoms with E-state index in [2.05, 4.69) is 22.6 Å². The van der Waals surface area contributed by atoms with Crippen LogP contribution in [0, 0.1) is 3.57 Å². The van der Waals surface area contributed by atoms with Crippen LogP contribution in [0.2, 0.25) is 5.02 Å². The molecule has 0 aliphatic heterocycles. The summed E-state index contributed by atoms with van der Waals surface area (Å²) in [5, 5.41) is 12.8. The van der Waals surface area contributed by atoms with Gasteiger partial charge in [-0.25, -0.2) is 0 Å². The molecule has 84 valence electrons. The standard InChI is InChI=1S/C12H10ClIOS/c13-10-6-8(3-4-11(10)14)12(15)7-9-2-1-5-16-9/h1-6,12,15H,7H2. The first-order valence-corrected chi connectivity index (χ1v) is 7.16. The molecule has 0 fully saturated rings. The van der Waals surface area contributed by atoms with Gasteiger partial charge in [0.05, 0.1) is 11.1 Å². The molecule has 2 rings (SSSR count). The summed E-state index contributed by atoms with van der Waals surface area (Å²) in [6.45, 7) is 0. The fourth-order valence-corrected chi connectivity index (χ4v) is 2.72. The third-order valence-corrected chi connectivity index (χ3v) is 4.77. The molecule has 1 aromatic heterocycles. The lowest BCUT2D eigenvalue weighted by Gasteiger charge is -2.10. The highest BCUT2D eigenvalue weighted by Crippen LogP contribution is 2.26. The molecule has 1 unspecified atom stereocenters. The van der Waals surface area contributed by atoms with E-state index in [1.807, 2.05) is 35.7 Å². The van der Waals surface area contributed by atoms with Gasteiger partial charge in [0.25, 0.3) is 0 Å². The van der Waals surface area contributed by atoms with Gasteiger partial charge in [-0.05, 0) is 51.7 Å². The predicted molar refractivity (Wildman–Crippen MR) is 77.2 cm³/mol. The molecule has 0 saturated heterocycles. The number of hydrogen-bond donors (Lipinski definition) is 1. The largest absolute Gasteiger partial charge is 0.388 e.